The van der Waals surface area contributed by atoms with Crippen LogP contribution in [0.15, 0.2) is 24.3 Å². The topological polar surface area (TPSA) is 32.3 Å². The van der Waals surface area contributed by atoms with E-state index in [4.69, 9.17) is 0 Å². The first-order valence-corrected chi connectivity index (χ1v) is 5.57. The normalized spacial score (nSPS) is 11.7. The molecule has 0 aliphatic heterocycles. The molecule has 2 N–H and O–H groups in total. The molecule has 1 aromatic carbocycles. The van der Waals surface area contributed by atoms with Crippen LogP contribution in [0, 0.1) is 0 Å². The van der Waals surface area contributed by atoms with Gasteiger partial charge < -0.3 is 10.4 Å². The lowest BCUT2D eigenvalue weighted by Crippen LogP contribution is -2.38. The Balaban J connectivity index is 2.53. The summed E-state index contributed by atoms with van der Waals surface area (Å²) in [5, 5.41) is 13.1. The molecule has 1 aromatic rings. The van der Waals surface area contributed by atoms with Gasteiger partial charge in [-0.25, -0.2) is 0 Å². The van der Waals surface area contributed by atoms with Crippen LogP contribution < -0.4 is 5.32 Å². The van der Waals surface area contributed by atoms with Crippen LogP contribution in [0.5, 0.6) is 5.75 Å². The van der Waals surface area contributed by atoms with Crippen molar-refractivity contribution in [3.8, 4) is 5.75 Å². The molecule has 0 spiro atoms. The van der Waals surface area contributed by atoms with Gasteiger partial charge in [-0.2, -0.15) is 0 Å². The summed E-state index contributed by atoms with van der Waals surface area (Å²) >= 11 is 0. The number of rotatable bonds is 5. The van der Waals surface area contributed by atoms with Gasteiger partial charge in [0.25, 0.3) is 0 Å². The van der Waals surface area contributed by atoms with Crippen LogP contribution in [0.2, 0.25) is 0 Å². The second kappa shape index (κ2) is 5.17. The summed E-state index contributed by atoms with van der Waals surface area (Å²) < 4.78 is 0. The number of para-hydroxylation sites is 1. The van der Waals surface area contributed by atoms with Crippen LogP contribution in [0.25, 0.3) is 0 Å². The fraction of sp³-hybridized carbons (Fsp3) is 0.538. The molecule has 0 aromatic heterocycles. The van der Waals surface area contributed by atoms with Gasteiger partial charge in [-0.1, -0.05) is 31.5 Å². The monoisotopic (exact) mass is 207 g/mol. The van der Waals surface area contributed by atoms with Crippen LogP contribution >= 0.6 is 0 Å². The minimum Gasteiger partial charge on any atom is -0.508 e. The zero-order chi connectivity index (χ0) is 11.3. The molecule has 84 valence electrons. The Kier molecular flexibility index (Phi) is 4.15. The summed E-state index contributed by atoms with van der Waals surface area (Å²) in [6, 6.07) is 7.47. The van der Waals surface area contributed by atoms with Crippen molar-refractivity contribution in [2.45, 2.75) is 45.7 Å². The first kappa shape index (κ1) is 12.1. The van der Waals surface area contributed by atoms with Gasteiger partial charge in [0.2, 0.25) is 0 Å². The second-order valence-corrected chi connectivity index (χ2v) is 4.62. The smallest absolute Gasteiger partial charge is 0.120 e. The maximum Gasteiger partial charge on any atom is 0.120 e. The number of benzene rings is 1. The molecule has 15 heavy (non-hydrogen) atoms. The number of phenolic OH excluding ortho intramolecular Hbond substituents is 1. The predicted octanol–water partition coefficient (Wildman–Crippen LogP) is 3.06. The fourth-order valence-corrected chi connectivity index (χ4v) is 1.71. The summed E-state index contributed by atoms with van der Waals surface area (Å²) in [5.74, 6) is 0.372. The van der Waals surface area contributed by atoms with Crippen molar-refractivity contribution in [1.29, 1.82) is 0 Å². The molecule has 0 fully saturated rings. The maximum atomic E-state index is 9.60. The van der Waals surface area contributed by atoms with E-state index in [9.17, 15) is 5.11 Å². The zero-order valence-corrected chi connectivity index (χ0v) is 9.88. The van der Waals surface area contributed by atoms with E-state index in [2.05, 4.69) is 26.1 Å². The van der Waals surface area contributed by atoms with Crippen LogP contribution in [-0.4, -0.2) is 10.6 Å². The number of hydrogen-bond donors (Lipinski definition) is 2. The van der Waals surface area contributed by atoms with E-state index in [1.807, 2.05) is 18.2 Å². The minimum atomic E-state index is 0.136. The van der Waals surface area contributed by atoms with Crippen molar-refractivity contribution in [3.05, 3.63) is 29.8 Å². The second-order valence-electron chi connectivity index (χ2n) is 4.62. The highest BCUT2D eigenvalue weighted by Gasteiger charge is 2.15. The van der Waals surface area contributed by atoms with E-state index in [1.165, 1.54) is 6.42 Å². The zero-order valence-electron chi connectivity index (χ0n) is 9.88. The van der Waals surface area contributed by atoms with Gasteiger partial charge in [-0.15, -0.1) is 0 Å². The van der Waals surface area contributed by atoms with E-state index in [0.717, 1.165) is 18.5 Å². The first-order valence-electron chi connectivity index (χ1n) is 5.57. The number of nitrogens with one attached hydrogen (secondary N) is 1. The summed E-state index contributed by atoms with van der Waals surface area (Å²) in [7, 11) is 0. The SMILES string of the molecule is CCCC(C)(C)NCc1ccccc1O. The molecule has 0 amide bonds. The van der Waals surface area contributed by atoms with E-state index in [1.54, 1.807) is 6.07 Å². The Labute approximate surface area is 92.3 Å². The van der Waals surface area contributed by atoms with Gasteiger partial charge in [0.15, 0.2) is 0 Å². The fourth-order valence-electron chi connectivity index (χ4n) is 1.71. The third-order valence-electron chi connectivity index (χ3n) is 2.62. The van der Waals surface area contributed by atoms with Gasteiger partial charge in [-0.3, -0.25) is 0 Å². The van der Waals surface area contributed by atoms with Crippen molar-refractivity contribution in [2.75, 3.05) is 0 Å². The van der Waals surface area contributed by atoms with Gasteiger partial charge in [0.05, 0.1) is 0 Å². The number of phenols is 1. The largest absolute Gasteiger partial charge is 0.508 e. The van der Waals surface area contributed by atoms with Crippen molar-refractivity contribution in [3.63, 3.8) is 0 Å². The van der Waals surface area contributed by atoms with Crippen molar-refractivity contribution < 1.29 is 5.11 Å². The lowest BCUT2D eigenvalue weighted by atomic mass is 9.98. The molecule has 0 aliphatic carbocycles. The quantitative estimate of drug-likeness (QED) is 0.777. The number of hydrogen-bond acceptors (Lipinski definition) is 2. The molecular formula is C13H21NO. The molecular weight excluding hydrogens is 186 g/mol. The molecule has 1 rings (SSSR count). The maximum absolute atomic E-state index is 9.60. The molecule has 0 saturated carbocycles. The molecule has 2 heteroatoms. The van der Waals surface area contributed by atoms with Gasteiger partial charge >= 0.3 is 0 Å². The van der Waals surface area contributed by atoms with E-state index in [0.29, 0.717) is 5.75 Å². The molecule has 2 nitrogen and oxygen atoms in total. The Morgan fingerprint density at radius 1 is 1.27 bits per heavy atom. The first-order chi connectivity index (χ1) is 7.05. The van der Waals surface area contributed by atoms with Gasteiger partial charge in [0, 0.05) is 17.6 Å². The predicted molar refractivity (Wildman–Crippen MR) is 63.9 cm³/mol. The van der Waals surface area contributed by atoms with E-state index >= 15 is 0 Å². The average Bonchev–Trinajstić information content (AvgIpc) is 2.16. The highest BCUT2D eigenvalue weighted by atomic mass is 16.3. The van der Waals surface area contributed by atoms with Gasteiger partial charge in [-0.05, 0) is 26.3 Å². The van der Waals surface area contributed by atoms with Crippen molar-refractivity contribution >= 4 is 0 Å². The van der Waals surface area contributed by atoms with Crippen molar-refractivity contribution in [1.82, 2.24) is 5.32 Å². The molecule has 0 bridgehead atoms. The molecule has 0 heterocycles. The van der Waals surface area contributed by atoms with E-state index < -0.39 is 0 Å². The lowest BCUT2D eigenvalue weighted by molar-refractivity contribution is 0.353. The highest BCUT2D eigenvalue weighted by Crippen LogP contribution is 2.17. The number of aromatic hydroxyl groups is 1. The van der Waals surface area contributed by atoms with Gasteiger partial charge in [0.1, 0.15) is 5.75 Å². The third-order valence-corrected chi connectivity index (χ3v) is 2.62. The molecule has 0 saturated heterocycles. The van der Waals surface area contributed by atoms with Crippen LogP contribution in [0.3, 0.4) is 0 Å². The molecule has 0 unspecified atom stereocenters. The average molecular weight is 207 g/mol. The lowest BCUT2D eigenvalue weighted by Gasteiger charge is -2.26. The molecule has 0 aliphatic rings. The highest BCUT2D eigenvalue weighted by molar-refractivity contribution is 5.31. The Morgan fingerprint density at radius 2 is 1.93 bits per heavy atom. The minimum absolute atomic E-state index is 0.136. The Bertz CT molecular complexity index is 307. The summed E-state index contributed by atoms with van der Waals surface area (Å²) in [6.07, 6.45) is 2.31. The van der Waals surface area contributed by atoms with Crippen molar-refractivity contribution in [2.24, 2.45) is 0 Å². The molecule has 0 atom stereocenters. The van der Waals surface area contributed by atoms with Crippen LogP contribution in [0.1, 0.15) is 39.2 Å². The third kappa shape index (κ3) is 3.92. The van der Waals surface area contributed by atoms with Crippen LogP contribution in [0.4, 0.5) is 0 Å². The van der Waals surface area contributed by atoms with Crippen LogP contribution in [-0.2, 0) is 6.54 Å². The summed E-state index contributed by atoms with van der Waals surface area (Å²) in [5.41, 5.74) is 1.10. The Morgan fingerprint density at radius 3 is 2.53 bits per heavy atom. The standard InChI is InChI=1S/C13H21NO/c1-4-9-13(2,3)14-10-11-7-5-6-8-12(11)15/h5-8,14-15H,4,9-10H2,1-3H3. The molecule has 0 radical (unpaired) electrons. The van der Waals surface area contributed by atoms with E-state index in [-0.39, 0.29) is 5.54 Å². The summed E-state index contributed by atoms with van der Waals surface area (Å²) in [4.78, 5) is 0. The Hall–Kier alpha value is -1.02. The summed E-state index contributed by atoms with van der Waals surface area (Å²) in [6.45, 7) is 7.29.